The minimum atomic E-state index is -5.68. The zero-order chi connectivity index (χ0) is 7.71. The fraction of sp³-hybridized carbons (Fsp3) is 0. The van der Waals surface area contributed by atoms with Crippen molar-refractivity contribution in [2.45, 2.75) is 0 Å². The summed E-state index contributed by atoms with van der Waals surface area (Å²) >= 11 is 0. The molecule has 0 fully saturated rings. The van der Waals surface area contributed by atoms with Crippen molar-refractivity contribution in [3.8, 4) is 0 Å². The molecule has 0 aliphatic heterocycles. The van der Waals surface area contributed by atoms with E-state index in [-0.39, 0.29) is 33.8 Å². The molecule has 0 aliphatic carbocycles. The molecule has 7 nitrogen and oxygen atoms in total. The van der Waals surface area contributed by atoms with E-state index in [2.05, 4.69) is 4.31 Å². The van der Waals surface area contributed by atoms with Gasteiger partial charge in [0.1, 0.15) is 0 Å². The van der Waals surface area contributed by atoms with Crippen molar-refractivity contribution in [2.24, 2.45) is 0 Å². The fourth-order valence-electron chi connectivity index (χ4n) is 0.122. The Labute approximate surface area is 82.7 Å². The van der Waals surface area contributed by atoms with Crippen LogP contribution in [-0.2, 0) is 47.3 Å². The average Bonchev–Trinajstić information content (AvgIpc) is 1.14. The molecule has 0 rings (SSSR count). The van der Waals surface area contributed by atoms with Crippen LogP contribution in [0.4, 0.5) is 0 Å². The van der Waals surface area contributed by atoms with Gasteiger partial charge < -0.3 is 33.0 Å². The van der Waals surface area contributed by atoms with E-state index in [0.717, 1.165) is 0 Å². The van der Waals surface area contributed by atoms with Crippen LogP contribution >= 0.6 is 15.6 Å². The van der Waals surface area contributed by atoms with Crippen molar-refractivity contribution in [1.82, 2.24) is 0 Å². The molecule has 0 unspecified atom stereocenters. The number of hydrogen-bond donors (Lipinski definition) is 0. The van der Waals surface area contributed by atoms with Crippen molar-refractivity contribution in [1.29, 1.82) is 0 Å². The summed E-state index contributed by atoms with van der Waals surface area (Å²) < 4.78 is 21.2. The van der Waals surface area contributed by atoms with E-state index in [1.165, 1.54) is 0 Å². The summed E-state index contributed by atoms with van der Waals surface area (Å²) in [7, 11) is -11.4. The average molecular weight is 289 g/mol. The van der Waals surface area contributed by atoms with Crippen LogP contribution in [0, 0.1) is 0 Å². The first-order chi connectivity index (χ1) is 3.71. The molecule has 0 atom stereocenters. The molecule has 0 spiro atoms. The Morgan fingerprint density at radius 2 is 1.09 bits per heavy atom. The van der Waals surface area contributed by atoms with Crippen LogP contribution in [0.5, 0.6) is 0 Å². The number of rotatable bonds is 2. The number of hydrogen-bond acceptors (Lipinski definition) is 7. The second-order valence-corrected chi connectivity index (χ2v) is 3.42. The van der Waals surface area contributed by atoms with Crippen LogP contribution in [0.1, 0.15) is 0 Å². The predicted octanol–water partition coefficient (Wildman–Crippen LogP) is -3.34. The summed E-state index contributed by atoms with van der Waals surface area (Å²) in [6.45, 7) is 0. The molecule has 69 valence electrons. The van der Waals surface area contributed by atoms with Gasteiger partial charge in [-0.2, -0.15) is 0 Å². The van der Waals surface area contributed by atoms with E-state index in [0.29, 0.717) is 0 Å². The van der Waals surface area contributed by atoms with Crippen molar-refractivity contribution >= 4 is 15.6 Å². The smallest absolute Gasteiger partial charge is 0.790 e. The van der Waals surface area contributed by atoms with E-state index in [1.54, 1.807) is 0 Å². The third-order valence-corrected chi connectivity index (χ3v) is 1.80. The Bertz CT molecular complexity index is 157. The Morgan fingerprint density at radius 3 is 1.09 bits per heavy atom. The summed E-state index contributed by atoms with van der Waals surface area (Å²) in [5, 5.41) is 0. The summed E-state index contributed by atoms with van der Waals surface area (Å²) in [5.74, 6) is 0. The molecule has 0 aromatic heterocycles. The van der Waals surface area contributed by atoms with Gasteiger partial charge in [0.05, 0.1) is 15.6 Å². The Morgan fingerprint density at radius 1 is 0.909 bits per heavy atom. The van der Waals surface area contributed by atoms with E-state index < -0.39 is 15.6 Å². The zero-order valence-electron chi connectivity index (χ0n) is 4.44. The van der Waals surface area contributed by atoms with Gasteiger partial charge in [0.15, 0.2) is 0 Å². The summed E-state index contributed by atoms with van der Waals surface area (Å²) in [4.78, 5) is 37.3. The molecule has 0 bridgehead atoms. The Kier molecular flexibility index (Phi) is 9.65. The maximum atomic E-state index is 9.32. The van der Waals surface area contributed by atoms with Crippen LogP contribution in [0.3, 0.4) is 0 Å². The minimum Gasteiger partial charge on any atom is -0.790 e. The molecule has 1 radical (unpaired) electrons. The zero-order valence-corrected chi connectivity index (χ0v) is 8.37. The first-order valence-electron chi connectivity index (χ1n) is 1.46. The molecule has 0 heterocycles. The predicted molar refractivity (Wildman–Crippen MR) is 16.3 cm³/mol. The maximum absolute atomic E-state index is 9.32. The molecular weight excluding hydrogens is 289 g/mol. The van der Waals surface area contributed by atoms with Crippen LogP contribution in [0.2, 0.25) is 0 Å². The van der Waals surface area contributed by atoms with Gasteiger partial charge in [-0.15, -0.1) is 0 Å². The third-order valence-electron chi connectivity index (χ3n) is 0.200. The largest absolute Gasteiger partial charge is 2.00 e. The maximum Gasteiger partial charge on any atom is 2.00 e. The molecule has 0 aliphatic rings. The van der Waals surface area contributed by atoms with Crippen molar-refractivity contribution in [3.05, 3.63) is 0 Å². The van der Waals surface area contributed by atoms with Crippen LogP contribution in [-0.4, -0.2) is 0 Å². The quantitative estimate of drug-likeness (QED) is 0.382. The Balaban J connectivity index is -0.000000320. The summed E-state index contributed by atoms with van der Waals surface area (Å²) in [6.07, 6.45) is 0. The van der Waals surface area contributed by atoms with Gasteiger partial charge in [-0.25, -0.2) is 0 Å². The topological polar surface area (TPSA) is 136 Å². The third kappa shape index (κ3) is 18.3. The van der Waals surface area contributed by atoms with E-state index in [9.17, 15) is 28.7 Å². The van der Waals surface area contributed by atoms with E-state index in [1.807, 2.05) is 0 Å². The molecule has 0 aromatic rings. The van der Waals surface area contributed by atoms with Gasteiger partial charge in [0, 0.05) is 0 Å². The molecular formula is CoFeO7P2. The molecule has 0 N–H and O–H groups in total. The van der Waals surface area contributed by atoms with Gasteiger partial charge in [0.2, 0.25) is 0 Å². The minimum absolute atomic E-state index is 0. The SMILES string of the molecule is O=P([O-])([O-])OP(=O)([O-])[O-].[Co+2].[Fe+2]. The molecule has 0 saturated carbocycles. The van der Waals surface area contributed by atoms with Crippen molar-refractivity contribution in [3.63, 3.8) is 0 Å². The molecule has 0 aromatic carbocycles. The van der Waals surface area contributed by atoms with Gasteiger partial charge in [-0.3, -0.25) is 0 Å². The standard InChI is InChI=1S/Co.Fe.H4O7P2/c;;1-8(2,3)7-9(4,5)6/h;;(H2,1,2,3)(H2,4,5,6)/q2*+2;/p-4. The van der Waals surface area contributed by atoms with E-state index in [4.69, 9.17) is 0 Å². The molecule has 11 heteroatoms. The molecule has 11 heavy (non-hydrogen) atoms. The first kappa shape index (κ1) is 18.1. The second kappa shape index (κ2) is 5.85. The Hall–Kier alpha value is 1.29. The van der Waals surface area contributed by atoms with Gasteiger partial charge in [-0.05, 0) is 0 Å². The van der Waals surface area contributed by atoms with Crippen LogP contribution < -0.4 is 19.6 Å². The van der Waals surface area contributed by atoms with Gasteiger partial charge in [0.25, 0.3) is 0 Å². The first-order valence-corrected chi connectivity index (χ1v) is 4.38. The fourth-order valence-corrected chi connectivity index (χ4v) is 1.10. The van der Waals surface area contributed by atoms with Crippen molar-refractivity contribution < 1.29 is 66.9 Å². The monoisotopic (exact) mass is 289 g/mol. The summed E-state index contributed by atoms with van der Waals surface area (Å²) in [6, 6.07) is 0. The van der Waals surface area contributed by atoms with E-state index >= 15 is 0 Å². The van der Waals surface area contributed by atoms with Crippen LogP contribution in [0.15, 0.2) is 0 Å². The second-order valence-electron chi connectivity index (χ2n) is 0.976. The van der Waals surface area contributed by atoms with Gasteiger partial charge >= 0.3 is 33.8 Å². The number of phosphoric acid groups is 2. The molecule has 0 amide bonds. The van der Waals surface area contributed by atoms with Crippen LogP contribution in [0.25, 0.3) is 0 Å². The normalized spacial score (nSPS) is 11.3. The molecule has 0 saturated heterocycles. The summed E-state index contributed by atoms with van der Waals surface area (Å²) in [5.41, 5.74) is 0. The van der Waals surface area contributed by atoms with Crippen molar-refractivity contribution in [2.75, 3.05) is 0 Å². The van der Waals surface area contributed by atoms with Gasteiger partial charge in [-0.1, -0.05) is 0 Å².